The van der Waals surface area contributed by atoms with Crippen LogP contribution in [0.15, 0.2) is 18.2 Å². The molecule has 27 heavy (non-hydrogen) atoms. The average Bonchev–Trinajstić information content (AvgIpc) is 2.86. The Balaban J connectivity index is 1.80. The van der Waals surface area contributed by atoms with E-state index in [0.717, 1.165) is 47.6 Å². The highest BCUT2D eigenvalue weighted by atomic mass is 16.1. The topological polar surface area (TPSA) is 90.0 Å². The summed E-state index contributed by atoms with van der Waals surface area (Å²) in [4.78, 5) is 24.5. The Hall–Kier alpha value is -2.63. The minimum Gasteiger partial charge on any atom is -0.382 e. The lowest BCUT2D eigenvalue weighted by Crippen LogP contribution is -2.29. The van der Waals surface area contributed by atoms with Crippen LogP contribution in [-0.4, -0.2) is 27.5 Å². The average molecular weight is 366 g/mol. The molecule has 0 unspecified atom stereocenters. The fourth-order valence-corrected chi connectivity index (χ4v) is 4.12. The van der Waals surface area contributed by atoms with Crippen LogP contribution in [0.5, 0.6) is 0 Å². The predicted octanol–water partition coefficient (Wildman–Crippen LogP) is 3.40. The van der Waals surface area contributed by atoms with Gasteiger partial charge in [0.15, 0.2) is 5.78 Å². The summed E-state index contributed by atoms with van der Waals surface area (Å²) in [5.41, 5.74) is 10.0. The number of primary amides is 1. The molecule has 1 fully saturated rings. The van der Waals surface area contributed by atoms with Crippen LogP contribution < -0.4 is 11.1 Å². The summed E-state index contributed by atoms with van der Waals surface area (Å²) in [6.07, 6.45) is 4.73. The number of nitrogens with zero attached hydrogens (tertiary/aromatic N) is 2. The van der Waals surface area contributed by atoms with Gasteiger partial charge in [-0.15, -0.1) is 0 Å². The minimum atomic E-state index is -0.446. The van der Waals surface area contributed by atoms with Gasteiger partial charge in [0, 0.05) is 18.2 Å². The molecule has 3 N–H and O–H groups in total. The first kappa shape index (κ1) is 17.8. The van der Waals surface area contributed by atoms with Crippen molar-refractivity contribution in [3.63, 3.8) is 0 Å². The number of carbonyl (C=O) groups is 2. The second-order valence-corrected chi connectivity index (χ2v) is 8.63. The summed E-state index contributed by atoms with van der Waals surface area (Å²) in [6, 6.07) is 5.91. The summed E-state index contributed by atoms with van der Waals surface area (Å²) in [7, 11) is 0. The van der Waals surface area contributed by atoms with E-state index in [-0.39, 0.29) is 11.2 Å². The maximum absolute atomic E-state index is 12.6. The Kier molecular flexibility index (Phi) is 4.09. The third kappa shape index (κ3) is 3.13. The van der Waals surface area contributed by atoms with Gasteiger partial charge in [0.05, 0.1) is 28.2 Å². The number of Topliss-reactive ketones (excluding diaryl/α,β-unsaturated/α-hetero) is 1. The van der Waals surface area contributed by atoms with Gasteiger partial charge in [-0.05, 0) is 56.2 Å². The molecule has 4 rings (SSSR count). The molecule has 6 nitrogen and oxygen atoms in total. The number of hydrogen-bond donors (Lipinski definition) is 2. The Labute approximate surface area is 159 Å². The van der Waals surface area contributed by atoms with Crippen molar-refractivity contribution < 1.29 is 9.59 Å². The first-order valence-corrected chi connectivity index (χ1v) is 9.58. The van der Waals surface area contributed by atoms with E-state index in [1.807, 2.05) is 23.7 Å². The van der Waals surface area contributed by atoms with E-state index < -0.39 is 5.91 Å². The molecule has 0 spiro atoms. The van der Waals surface area contributed by atoms with Crippen molar-refractivity contribution in [2.24, 2.45) is 11.1 Å². The van der Waals surface area contributed by atoms with Crippen molar-refractivity contribution in [3.05, 3.63) is 40.7 Å². The van der Waals surface area contributed by atoms with E-state index in [1.165, 1.54) is 6.42 Å². The zero-order valence-electron chi connectivity index (χ0n) is 16.1. The molecule has 1 heterocycles. The first-order valence-electron chi connectivity index (χ1n) is 9.58. The molecule has 0 radical (unpaired) electrons. The van der Waals surface area contributed by atoms with Crippen molar-refractivity contribution in [2.45, 2.75) is 58.9 Å². The molecule has 2 aromatic rings. The summed E-state index contributed by atoms with van der Waals surface area (Å²) < 4.78 is 1.86. The van der Waals surface area contributed by atoms with Gasteiger partial charge in [0.2, 0.25) is 0 Å². The number of fused-ring (bicyclic) bond motifs is 1. The highest BCUT2D eigenvalue weighted by Crippen LogP contribution is 2.37. The molecule has 0 saturated heterocycles. The van der Waals surface area contributed by atoms with Crippen LogP contribution in [0.3, 0.4) is 0 Å². The van der Waals surface area contributed by atoms with E-state index in [1.54, 1.807) is 6.07 Å². The van der Waals surface area contributed by atoms with E-state index in [4.69, 9.17) is 5.73 Å². The SMILES string of the molecule is Cc1nn(-c2ccc(C(N)=O)c(NC3CCC3)c2)c2c1C(=O)CC(C)(C)C2. The Morgan fingerprint density at radius 3 is 2.67 bits per heavy atom. The van der Waals surface area contributed by atoms with Gasteiger partial charge < -0.3 is 11.1 Å². The maximum Gasteiger partial charge on any atom is 0.250 e. The smallest absolute Gasteiger partial charge is 0.250 e. The van der Waals surface area contributed by atoms with Gasteiger partial charge >= 0.3 is 0 Å². The molecule has 0 aliphatic heterocycles. The molecule has 0 bridgehead atoms. The number of nitrogens with one attached hydrogen (secondary N) is 1. The molecular weight excluding hydrogens is 340 g/mol. The zero-order valence-corrected chi connectivity index (χ0v) is 16.1. The Morgan fingerprint density at radius 2 is 2.04 bits per heavy atom. The normalized spacial score (nSPS) is 18.7. The lowest BCUT2D eigenvalue weighted by molar-refractivity contribution is 0.0909. The second-order valence-electron chi connectivity index (χ2n) is 8.63. The molecule has 1 aromatic carbocycles. The van der Waals surface area contributed by atoms with Gasteiger partial charge in [0.1, 0.15) is 0 Å². The van der Waals surface area contributed by atoms with Gasteiger partial charge in [-0.2, -0.15) is 5.10 Å². The van der Waals surface area contributed by atoms with Crippen molar-refractivity contribution in [3.8, 4) is 5.69 Å². The lowest BCUT2D eigenvalue weighted by atomic mass is 9.75. The number of ketones is 1. The number of rotatable bonds is 4. The monoisotopic (exact) mass is 366 g/mol. The third-order valence-electron chi connectivity index (χ3n) is 5.70. The van der Waals surface area contributed by atoms with Crippen LogP contribution in [0, 0.1) is 12.3 Å². The fraction of sp³-hybridized carbons (Fsp3) is 0.476. The van der Waals surface area contributed by atoms with Gasteiger partial charge in [-0.25, -0.2) is 4.68 Å². The summed E-state index contributed by atoms with van der Waals surface area (Å²) in [6.45, 7) is 6.11. The largest absolute Gasteiger partial charge is 0.382 e. The Morgan fingerprint density at radius 1 is 1.30 bits per heavy atom. The number of benzene rings is 1. The van der Waals surface area contributed by atoms with E-state index in [9.17, 15) is 9.59 Å². The summed E-state index contributed by atoms with van der Waals surface area (Å²) in [5, 5.41) is 8.10. The van der Waals surface area contributed by atoms with Crippen LogP contribution in [0.4, 0.5) is 5.69 Å². The highest BCUT2D eigenvalue weighted by Gasteiger charge is 2.35. The van der Waals surface area contributed by atoms with Crippen LogP contribution >= 0.6 is 0 Å². The van der Waals surface area contributed by atoms with Crippen molar-refractivity contribution in [1.29, 1.82) is 0 Å². The number of aryl methyl sites for hydroxylation is 1. The lowest BCUT2D eigenvalue weighted by Gasteiger charge is -2.30. The molecule has 2 aliphatic carbocycles. The third-order valence-corrected chi connectivity index (χ3v) is 5.70. The number of nitrogens with two attached hydrogens (primary N) is 1. The molecule has 1 amide bonds. The first-order chi connectivity index (χ1) is 12.7. The van der Waals surface area contributed by atoms with Crippen LogP contribution in [0.25, 0.3) is 5.69 Å². The molecule has 1 aromatic heterocycles. The summed E-state index contributed by atoms with van der Waals surface area (Å²) >= 11 is 0. The standard InChI is InChI=1S/C21H26N4O2/c1-12-19-17(10-21(2,3)11-18(19)26)25(24-12)14-7-8-15(20(22)27)16(9-14)23-13-5-4-6-13/h7-9,13,23H,4-6,10-11H2,1-3H3,(H2,22,27). The predicted molar refractivity (Wildman–Crippen MR) is 105 cm³/mol. The number of hydrogen-bond acceptors (Lipinski definition) is 4. The second kappa shape index (κ2) is 6.22. The van der Waals surface area contributed by atoms with E-state index >= 15 is 0 Å². The molecule has 0 atom stereocenters. The van der Waals surface area contributed by atoms with E-state index in [2.05, 4.69) is 24.3 Å². The number of aromatic nitrogens is 2. The van der Waals surface area contributed by atoms with Crippen LogP contribution in [0.2, 0.25) is 0 Å². The minimum absolute atomic E-state index is 0.0888. The van der Waals surface area contributed by atoms with Gasteiger partial charge in [-0.3, -0.25) is 9.59 Å². The van der Waals surface area contributed by atoms with Gasteiger partial charge in [0.25, 0.3) is 5.91 Å². The quantitative estimate of drug-likeness (QED) is 0.868. The van der Waals surface area contributed by atoms with Crippen LogP contribution in [-0.2, 0) is 6.42 Å². The fourth-order valence-electron chi connectivity index (χ4n) is 4.12. The van der Waals surface area contributed by atoms with Crippen LogP contribution in [0.1, 0.15) is 71.6 Å². The molecule has 1 saturated carbocycles. The molecular formula is C21H26N4O2. The number of carbonyl (C=O) groups excluding carboxylic acids is 2. The van der Waals surface area contributed by atoms with Crippen molar-refractivity contribution in [1.82, 2.24) is 9.78 Å². The Bertz CT molecular complexity index is 938. The maximum atomic E-state index is 12.6. The summed E-state index contributed by atoms with van der Waals surface area (Å²) in [5.74, 6) is -0.287. The van der Waals surface area contributed by atoms with Gasteiger partial charge in [-0.1, -0.05) is 13.8 Å². The number of anilines is 1. The van der Waals surface area contributed by atoms with Crippen molar-refractivity contribution >= 4 is 17.4 Å². The zero-order chi connectivity index (χ0) is 19.3. The molecule has 142 valence electrons. The van der Waals surface area contributed by atoms with E-state index in [0.29, 0.717) is 18.0 Å². The van der Waals surface area contributed by atoms with Crippen molar-refractivity contribution in [2.75, 3.05) is 5.32 Å². The molecule has 2 aliphatic rings. The highest BCUT2D eigenvalue weighted by molar-refractivity contribution is 6.00. The molecule has 6 heteroatoms. The number of amides is 1.